The van der Waals surface area contributed by atoms with Crippen molar-refractivity contribution in [2.24, 2.45) is 0 Å². The maximum atomic E-state index is 12.7. The first-order chi connectivity index (χ1) is 16.6. The van der Waals surface area contributed by atoms with Gasteiger partial charge in [0.1, 0.15) is 17.1 Å². The Hall–Kier alpha value is -2.29. The van der Waals surface area contributed by atoms with Gasteiger partial charge < -0.3 is 9.84 Å². The first-order valence-corrected chi connectivity index (χ1v) is 13.8. The van der Waals surface area contributed by atoms with Gasteiger partial charge in [-0.25, -0.2) is 4.79 Å². The summed E-state index contributed by atoms with van der Waals surface area (Å²) < 4.78 is 5.55. The van der Waals surface area contributed by atoms with Gasteiger partial charge in [0.2, 0.25) is 0 Å². The number of esters is 1. The number of hydrogen-bond acceptors (Lipinski definition) is 3. The van der Waals surface area contributed by atoms with Crippen molar-refractivity contribution in [2.45, 2.75) is 117 Å². The van der Waals surface area contributed by atoms with Gasteiger partial charge in [-0.1, -0.05) is 109 Å². The first kappa shape index (κ1) is 28.0. The van der Waals surface area contributed by atoms with Crippen LogP contribution in [0.15, 0.2) is 42.5 Å². The second-order valence-electron chi connectivity index (χ2n) is 9.63. The molecule has 2 aromatic rings. The Kier molecular flexibility index (Phi) is 14.1. The zero-order valence-corrected chi connectivity index (χ0v) is 21.6. The number of aryl methyl sites for hydroxylation is 2. The fraction of sp³-hybridized carbons (Fsp3) is 0.581. The molecule has 34 heavy (non-hydrogen) atoms. The van der Waals surface area contributed by atoms with Crippen LogP contribution in [-0.2, 0) is 12.8 Å². The Morgan fingerprint density at radius 2 is 1.12 bits per heavy atom. The van der Waals surface area contributed by atoms with E-state index in [1.54, 1.807) is 12.1 Å². The highest BCUT2D eigenvalue weighted by atomic mass is 16.5. The molecule has 0 radical (unpaired) electrons. The lowest BCUT2D eigenvalue weighted by Crippen LogP contribution is -2.09. The van der Waals surface area contributed by atoms with Crippen molar-refractivity contribution in [3.8, 4) is 11.5 Å². The van der Waals surface area contributed by atoms with Crippen molar-refractivity contribution >= 4 is 5.97 Å². The lowest BCUT2D eigenvalue weighted by Gasteiger charge is -2.09. The first-order valence-electron chi connectivity index (χ1n) is 13.8. The number of carbonyl (C=O) groups excluding carboxylic acids is 1. The van der Waals surface area contributed by atoms with E-state index in [0.29, 0.717) is 5.75 Å². The Bertz CT molecular complexity index is 810. The summed E-state index contributed by atoms with van der Waals surface area (Å²) in [7, 11) is 0. The second kappa shape index (κ2) is 17.2. The van der Waals surface area contributed by atoms with Crippen LogP contribution >= 0.6 is 0 Å². The van der Waals surface area contributed by atoms with Crippen molar-refractivity contribution in [3.63, 3.8) is 0 Å². The van der Waals surface area contributed by atoms with Gasteiger partial charge in [-0.2, -0.15) is 0 Å². The monoisotopic (exact) mass is 466 g/mol. The lowest BCUT2D eigenvalue weighted by atomic mass is 10.0. The maximum Gasteiger partial charge on any atom is 0.347 e. The third kappa shape index (κ3) is 11.2. The number of benzene rings is 2. The number of carbonyl (C=O) groups is 1. The van der Waals surface area contributed by atoms with Crippen molar-refractivity contribution in [2.75, 3.05) is 0 Å². The summed E-state index contributed by atoms with van der Waals surface area (Å²) in [5.41, 5.74) is 2.59. The summed E-state index contributed by atoms with van der Waals surface area (Å²) in [6, 6.07) is 13.1. The number of unbranched alkanes of at least 4 members (excludes halogenated alkanes) is 12. The standard InChI is InChI=1S/C31H46O3/c1-3-5-7-9-11-13-15-17-26-19-22-28(23-20-26)34-31(33)29-25-27(21-24-30(29)32)18-16-14-12-10-8-6-4-2/h19-25,32H,3-18H2,1-2H3. The third-order valence-corrected chi connectivity index (χ3v) is 6.55. The third-order valence-electron chi connectivity index (χ3n) is 6.55. The van der Waals surface area contributed by atoms with Crippen molar-refractivity contribution in [3.05, 3.63) is 59.2 Å². The van der Waals surface area contributed by atoms with Crippen molar-refractivity contribution in [1.29, 1.82) is 0 Å². The molecule has 188 valence electrons. The molecule has 0 saturated carbocycles. The minimum atomic E-state index is -0.501. The van der Waals surface area contributed by atoms with Crippen LogP contribution in [0.3, 0.4) is 0 Å². The molecule has 0 saturated heterocycles. The predicted octanol–water partition coefficient (Wildman–Crippen LogP) is 9.20. The Labute approximate surface area is 207 Å². The van der Waals surface area contributed by atoms with Gasteiger partial charge in [0.05, 0.1) is 0 Å². The van der Waals surface area contributed by atoms with Gasteiger partial charge in [0, 0.05) is 0 Å². The van der Waals surface area contributed by atoms with E-state index in [2.05, 4.69) is 13.8 Å². The minimum absolute atomic E-state index is 0.0242. The summed E-state index contributed by atoms with van der Waals surface area (Å²) >= 11 is 0. The number of rotatable bonds is 18. The van der Waals surface area contributed by atoms with E-state index in [-0.39, 0.29) is 11.3 Å². The molecule has 1 N–H and O–H groups in total. The Morgan fingerprint density at radius 1 is 0.647 bits per heavy atom. The van der Waals surface area contributed by atoms with Gasteiger partial charge in [-0.15, -0.1) is 0 Å². The van der Waals surface area contributed by atoms with Crippen molar-refractivity contribution < 1.29 is 14.6 Å². The number of phenols is 1. The van der Waals surface area contributed by atoms with Gasteiger partial charge >= 0.3 is 5.97 Å². The summed E-state index contributed by atoms with van der Waals surface area (Å²) in [4.78, 5) is 12.7. The quantitative estimate of drug-likeness (QED) is 0.135. The average Bonchev–Trinajstić information content (AvgIpc) is 2.85. The Balaban J connectivity index is 1.76. The van der Waals surface area contributed by atoms with E-state index >= 15 is 0 Å². The van der Waals surface area contributed by atoms with Crippen LogP contribution in [-0.4, -0.2) is 11.1 Å². The van der Waals surface area contributed by atoms with Gasteiger partial charge in [0.25, 0.3) is 0 Å². The van der Waals surface area contributed by atoms with E-state index in [9.17, 15) is 9.90 Å². The second-order valence-corrected chi connectivity index (χ2v) is 9.63. The van der Waals surface area contributed by atoms with Gasteiger partial charge in [-0.05, 0) is 61.1 Å². The van der Waals surface area contributed by atoms with Gasteiger partial charge in [0.15, 0.2) is 0 Å². The van der Waals surface area contributed by atoms with E-state index in [1.165, 1.54) is 89.0 Å². The SMILES string of the molecule is CCCCCCCCCc1ccc(OC(=O)c2cc(CCCCCCCCC)ccc2O)cc1. The summed E-state index contributed by atoms with van der Waals surface area (Å²) in [6.45, 7) is 4.49. The average molecular weight is 467 g/mol. The van der Waals surface area contributed by atoms with Crippen molar-refractivity contribution in [1.82, 2.24) is 0 Å². The highest BCUT2D eigenvalue weighted by molar-refractivity contribution is 5.94. The summed E-state index contributed by atoms with van der Waals surface area (Å²) in [5, 5.41) is 10.2. The zero-order valence-electron chi connectivity index (χ0n) is 21.6. The van der Waals surface area contributed by atoms with Crippen LogP contribution in [0.2, 0.25) is 0 Å². The van der Waals surface area contributed by atoms with Crippen LogP contribution in [0.4, 0.5) is 0 Å². The largest absolute Gasteiger partial charge is 0.507 e. The van der Waals surface area contributed by atoms with E-state index in [0.717, 1.165) is 24.8 Å². The molecular formula is C31H46O3. The lowest BCUT2D eigenvalue weighted by molar-refractivity contribution is 0.0731. The summed E-state index contributed by atoms with van der Waals surface area (Å²) in [6.07, 6.45) is 19.9. The molecule has 0 aliphatic carbocycles. The predicted molar refractivity (Wildman–Crippen MR) is 143 cm³/mol. The molecule has 0 aliphatic heterocycles. The minimum Gasteiger partial charge on any atom is -0.507 e. The fourth-order valence-corrected chi connectivity index (χ4v) is 4.36. The normalized spacial score (nSPS) is 11.0. The highest BCUT2D eigenvalue weighted by Crippen LogP contribution is 2.23. The molecular weight excluding hydrogens is 420 g/mol. The molecule has 0 heterocycles. The number of hydrogen-bond donors (Lipinski definition) is 1. The van der Waals surface area contributed by atoms with Crippen LogP contribution in [0.25, 0.3) is 0 Å². The number of aromatic hydroxyl groups is 1. The molecule has 0 spiro atoms. The molecule has 3 heteroatoms. The van der Waals surface area contributed by atoms with E-state index in [1.807, 2.05) is 30.3 Å². The summed E-state index contributed by atoms with van der Waals surface area (Å²) in [5.74, 6) is -0.00665. The zero-order chi connectivity index (χ0) is 24.4. The molecule has 0 amide bonds. The number of phenolic OH excluding ortho intramolecular Hbond substituents is 1. The highest BCUT2D eigenvalue weighted by Gasteiger charge is 2.14. The topological polar surface area (TPSA) is 46.5 Å². The van der Waals surface area contributed by atoms with E-state index in [4.69, 9.17) is 4.74 Å². The Morgan fingerprint density at radius 3 is 1.68 bits per heavy atom. The van der Waals surface area contributed by atoms with Crippen LogP contribution in [0.5, 0.6) is 11.5 Å². The molecule has 2 rings (SSSR count). The molecule has 0 aliphatic rings. The van der Waals surface area contributed by atoms with E-state index < -0.39 is 5.97 Å². The molecule has 0 aromatic heterocycles. The smallest absolute Gasteiger partial charge is 0.347 e. The molecule has 2 aromatic carbocycles. The van der Waals surface area contributed by atoms with Gasteiger partial charge in [-0.3, -0.25) is 0 Å². The molecule has 0 unspecified atom stereocenters. The molecule has 3 nitrogen and oxygen atoms in total. The number of ether oxygens (including phenoxy) is 1. The van der Waals surface area contributed by atoms with Crippen LogP contribution in [0.1, 0.15) is 125 Å². The van der Waals surface area contributed by atoms with Crippen LogP contribution < -0.4 is 4.74 Å². The molecule has 0 bridgehead atoms. The fourth-order valence-electron chi connectivity index (χ4n) is 4.36. The van der Waals surface area contributed by atoms with Crippen LogP contribution in [0, 0.1) is 0 Å². The molecule has 0 atom stereocenters. The maximum absolute atomic E-state index is 12.7. The molecule has 0 fully saturated rings.